The van der Waals surface area contributed by atoms with E-state index >= 15 is 0 Å². The van der Waals surface area contributed by atoms with E-state index in [0.29, 0.717) is 23.0 Å². The zero-order valence-electron chi connectivity index (χ0n) is 18.0. The quantitative estimate of drug-likeness (QED) is 0.215. The molecule has 0 aliphatic carbocycles. The SMILES string of the molecule is O=C(N/N=C/c1c[nH]c2ccccc12)c1cc(-c2ccc(OCc3ccc(Cl)cc3)cc2)n[nH]1. The summed E-state index contributed by atoms with van der Waals surface area (Å²) < 4.78 is 5.81. The molecule has 0 fully saturated rings. The zero-order valence-corrected chi connectivity index (χ0v) is 18.7. The van der Waals surface area contributed by atoms with Crippen LogP contribution in [-0.4, -0.2) is 27.3 Å². The third-order valence-corrected chi connectivity index (χ3v) is 5.53. The molecule has 0 unspecified atom stereocenters. The second kappa shape index (κ2) is 9.64. The molecule has 8 heteroatoms. The number of para-hydroxylation sites is 1. The lowest BCUT2D eigenvalue weighted by Crippen LogP contribution is -2.17. The first-order valence-electron chi connectivity index (χ1n) is 10.6. The minimum Gasteiger partial charge on any atom is -0.489 e. The standard InChI is InChI=1S/C26H20ClN5O2/c27-20-9-5-17(6-10-20)16-34-21-11-7-18(8-12-21)24-13-25(31-30-24)26(33)32-29-15-19-14-28-23-4-2-1-3-22(19)23/h1-15,28H,16H2,(H,30,31)(H,32,33)/b29-15+. The molecule has 2 heterocycles. The molecule has 0 spiro atoms. The monoisotopic (exact) mass is 469 g/mol. The number of aromatic nitrogens is 3. The maximum absolute atomic E-state index is 12.4. The normalized spacial score (nSPS) is 11.2. The molecule has 0 bridgehead atoms. The highest BCUT2D eigenvalue weighted by Gasteiger charge is 2.11. The van der Waals surface area contributed by atoms with Gasteiger partial charge in [-0.3, -0.25) is 9.89 Å². The number of nitrogens with zero attached hydrogens (tertiary/aromatic N) is 2. The number of benzene rings is 3. The molecule has 0 radical (unpaired) electrons. The molecule has 0 aliphatic rings. The van der Waals surface area contributed by atoms with E-state index in [4.69, 9.17) is 16.3 Å². The van der Waals surface area contributed by atoms with Crippen molar-refractivity contribution >= 4 is 34.6 Å². The molecule has 3 aromatic carbocycles. The number of nitrogens with one attached hydrogen (secondary N) is 3. The van der Waals surface area contributed by atoms with Crippen LogP contribution >= 0.6 is 11.6 Å². The number of hydrogen-bond acceptors (Lipinski definition) is 4. The molecule has 1 amide bonds. The number of rotatable bonds is 7. The van der Waals surface area contributed by atoms with Gasteiger partial charge in [0.25, 0.3) is 5.91 Å². The highest BCUT2D eigenvalue weighted by atomic mass is 35.5. The molecule has 0 atom stereocenters. The Morgan fingerprint density at radius 1 is 1.06 bits per heavy atom. The highest BCUT2D eigenvalue weighted by molar-refractivity contribution is 6.30. The zero-order chi connectivity index (χ0) is 23.3. The molecule has 5 aromatic rings. The number of hydrazone groups is 1. The fourth-order valence-electron chi connectivity index (χ4n) is 3.48. The van der Waals surface area contributed by atoms with Gasteiger partial charge in [-0.25, -0.2) is 5.43 Å². The number of ether oxygens (including phenoxy) is 1. The van der Waals surface area contributed by atoms with Crippen molar-refractivity contribution in [2.75, 3.05) is 0 Å². The van der Waals surface area contributed by atoms with Crippen LogP contribution in [0, 0.1) is 0 Å². The maximum atomic E-state index is 12.4. The van der Waals surface area contributed by atoms with Crippen LogP contribution in [0.2, 0.25) is 5.02 Å². The van der Waals surface area contributed by atoms with Gasteiger partial charge in [0.15, 0.2) is 0 Å². The van der Waals surface area contributed by atoms with E-state index in [-0.39, 0.29) is 5.91 Å². The first-order chi connectivity index (χ1) is 16.7. The Kier molecular flexibility index (Phi) is 6.09. The summed E-state index contributed by atoms with van der Waals surface area (Å²) in [5.74, 6) is 0.358. The van der Waals surface area contributed by atoms with Crippen molar-refractivity contribution in [3.05, 3.63) is 107 Å². The predicted molar refractivity (Wildman–Crippen MR) is 133 cm³/mol. The molecule has 0 saturated carbocycles. The van der Waals surface area contributed by atoms with Crippen molar-refractivity contribution in [3.8, 4) is 17.0 Å². The Labute approximate surface area is 200 Å². The maximum Gasteiger partial charge on any atom is 0.289 e. The Morgan fingerprint density at radius 3 is 2.68 bits per heavy atom. The first kappa shape index (κ1) is 21.5. The van der Waals surface area contributed by atoms with Gasteiger partial charge in [0.05, 0.1) is 11.9 Å². The minimum absolute atomic E-state index is 0.314. The largest absolute Gasteiger partial charge is 0.489 e. The summed E-state index contributed by atoms with van der Waals surface area (Å²) in [6, 6.07) is 24.6. The Balaban J connectivity index is 1.19. The minimum atomic E-state index is -0.377. The molecule has 34 heavy (non-hydrogen) atoms. The predicted octanol–water partition coefficient (Wildman–Crippen LogP) is 5.55. The van der Waals surface area contributed by atoms with E-state index < -0.39 is 0 Å². The summed E-state index contributed by atoms with van der Waals surface area (Å²) >= 11 is 5.91. The molecule has 3 N–H and O–H groups in total. The summed E-state index contributed by atoms with van der Waals surface area (Å²) in [6.07, 6.45) is 3.45. The molecule has 5 rings (SSSR count). The third kappa shape index (κ3) is 4.84. The van der Waals surface area contributed by atoms with Gasteiger partial charge in [0.2, 0.25) is 0 Å². The summed E-state index contributed by atoms with van der Waals surface area (Å²) in [5, 5.41) is 12.8. The molecule has 168 valence electrons. The number of carbonyl (C=O) groups excluding carboxylic acids is 1. The van der Waals surface area contributed by atoms with E-state index in [1.807, 2.05) is 79.0 Å². The average Bonchev–Trinajstić information content (AvgIpc) is 3.52. The molecule has 7 nitrogen and oxygen atoms in total. The van der Waals surface area contributed by atoms with Crippen LogP contribution in [0.15, 0.2) is 90.2 Å². The molecule has 2 aromatic heterocycles. The summed E-state index contributed by atoms with van der Waals surface area (Å²) in [4.78, 5) is 15.6. The average molecular weight is 470 g/mol. The van der Waals surface area contributed by atoms with Crippen LogP contribution in [0.1, 0.15) is 21.6 Å². The van der Waals surface area contributed by atoms with Crippen molar-refractivity contribution in [1.82, 2.24) is 20.6 Å². The lowest BCUT2D eigenvalue weighted by atomic mass is 10.1. The van der Waals surface area contributed by atoms with E-state index in [1.54, 1.807) is 12.3 Å². The van der Waals surface area contributed by atoms with E-state index in [9.17, 15) is 4.79 Å². The van der Waals surface area contributed by atoms with Gasteiger partial charge >= 0.3 is 0 Å². The fourth-order valence-corrected chi connectivity index (χ4v) is 3.60. The Bertz CT molecular complexity index is 1450. The molecule has 0 aliphatic heterocycles. The van der Waals surface area contributed by atoms with Crippen molar-refractivity contribution in [3.63, 3.8) is 0 Å². The Morgan fingerprint density at radius 2 is 1.85 bits per heavy atom. The number of carbonyl (C=O) groups is 1. The van der Waals surface area contributed by atoms with Crippen LogP contribution in [0.3, 0.4) is 0 Å². The van der Waals surface area contributed by atoms with Gasteiger partial charge in [0, 0.05) is 33.2 Å². The summed E-state index contributed by atoms with van der Waals surface area (Å²) in [7, 11) is 0. The second-order valence-electron chi connectivity index (χ2n) is 7.60. The molecule has 0 saturated heterocycles. The van der Waals surface area contributed by atoms with Gasteiger partial charge in [-0.15, -0.1) is 0 Å². The Hall–Kier alpha value is -4.36. The number of hydrogen-bond donors (Lipinski definition) is 3. The van der Waals surface area contributed by atoms with E-state index in [1.165, 1.54) is 0 Å². The van der Waals surface area contributed by atoms with Gasteiger partial charge in [-0.05, 0) is 54.1 Å². The number of halogens is 1. The topological polar surface area (TPSA) is 95.2 Å². The van der Waals surface area contributed by atoms with Gasteiger partial charge in [0.1, 0.15) is 18.1 Å². The second-order valence-corrected chi connectivity index (χ2v) is 8.03. The van der Waals surface area contributed by atoms with Crippen molar-refractivity contribution in [2.45, 2.75) is 6.61 Å². The van der Waals surface area contributed by atoms with Crippen LogP contribution < -0.4 is 10.2 Å². The number of fused-ring (bicyclic) bond motifs is 1. The lowest BCUT2D eigenvalue weighted by molar-refractivity contribution is 0.0950. The molecular weight excluding hydrogens is 450 g/mol. The number of H-pyrrole nitrogens is 2. The highest BCUT2D eigenvalue weighted by Crippen LogP contribution is 2.22. The summed E-state index contributed by atoms with van der Waals surface area (Å²) in [6.45, 7) is 0.447. The van der Waals surface area contributed by atoms with Crippen LogP contribution in [-0.2, 0) is 6.61 Å². The van der Waals surface area contributed by atoms with E-state index in [0.717, 1.165) is 33.3 Å². The van der Waals surface area contributed by atoms with Crippen molar-refractivity contribution < 1.29 is 9.53 Å². The van der Waals surface area contributed by atoms with Crippen LogP contribution in [0.25, 0.3) is 22.2 Å². The van der Waals surface area contributed by atoms with Crippen molar-refractivity contribution in [1.29, 1.82) is 0 Å². The lowest BCUT2D eigenvalue weighted by Gasteiger charge is -2.07. The smallest absolute Gasteiger partial charge is 0.289 e. The number of amides is 1. The van der Waals surface area contributed by atoms with Gasteiger partial charge in [-0.2, -0.15) is 10.2 Å². The summed E-state index contributed by atoms with van der Waals surface area (Å²) in [5.41, 5.74) is 7.28. The van der Waals surface area contributed by atoms with Gasteiger partial charge in [-0.1, -0.05) is 41.9 Å². The first-order valence-corrected chi connectivity index (χ1v) is 11.0. The van der Waals surface area contributed by atoms with Crippen LogP contribution in [0.5, 0.6) is 5.75 Å². The van der Waals surface area contributed by atoms with E-state index in [2.05, 4.69) is 25.7 Å². The van der Waals surface area contributed by atoms with Gasteiger partial charge < -0.3 is 9.72 Å². The van der Waals surface area contributed by atoms with Crippen molar-refractivity contribution in [2.24, 2.45) is 5.10 Å². The molecular formula is C26H20ClN5O2. The number of aromatic amines is 2. The van der Waals surface area contributed by atoms with Crippen LogP contribution in [0.4, 0.5) is 0 Å². The fraction of sp³-hybridized carbons (Fsp3) is 0.0385. The third-order valence-electron chi connectivity index (χ3n) is 5.28.